The standard InChI is InChI=1S/C19H20/c1-15-6-8-16(9-7-15)10-11-17-12-13-18-4-2-3-5-19(18)14-17/h2-9,14H,10-13H2,1H3. The molecule has 0 amide bonds. The minimum Gasteiger partial charge on any atom is -0.0690 e. The van der Waals surface area contributed by atoms with Crippen molar-refractivity contribution >= 4 is 6.08 Å². The average Bonchev–Trinajstić information content (AvgIpc) is 2.46. The number of allylic oxidation sites excluding steroid dienone is 1. The van der Waals surface area contributed by atoms with Gasteiger partial charge in [-0.15, -0.1) is 0 Å². The Morgan fingerprint density at radius 3 is 2.47 bits per heavy atom. The summed E-state index contributed by atoms with van der Waals surface area (Å²) in [5.41, 5.74) is 7.31. The number of fused-ring (bicyclic) bond motifs is 1. The highest BCUT2D eigenvalue weighted by molar-refractivity contribution is 5.59. The fourth-order valence-electron chi connectivity index (χ4n) is 2.75. The monoisotopic (exact) mass is 248 g/mol. The molecule has 0 atom stereocenters. The summed E-state index contributed by atoms with van der Waals surface area (Å²) < 4.78 is 0. The zero-order valence-electron chi connectivity index (χ0n) is 11.5. The Hall–Kier alpha value is -1.82. The Morgan fingerprint density at radius 1 is 0.842 bits per heavy atom. The molecule has 2 aromatic carbocycles. The maximum atomic E-state index is 2.40. The second kappa shape index (κ2) is 5.44. The van der Waals surface area contributed by atoms with Crippen molar-refractivity contribution in [2.45, 2.75) is 32.6 Å². The highest BCUT2D eigenvalue weighted by atomic mass is 14.1. The fourth-order valence-corrected chi connectivity index (χ4v) is 2.75. The lowest BCUT2D eigenvalue weighted by atomic mass is 9.89. The minimum atomic E-state index is 1.16. The first-order valence-electron chi connectivity index (χ1n) is 7.14. The van der Waals surface area contributed by atoms with Crippen molar-refractivity contribution in [3.8, 4) is 0 Å². The maximum Gasteiger partial charge on any atom is -0.0225 e. The molecule has 0 bridgehead atoms. The summed E-state index contributed by atoms with van der Waals surface area (Å²) >= 11 is 0. The molecule has 0 spiro atoms. The van der Waals surface area contributed by atoms with Gasteiger partial charge in [0.2, 0.25) is 0 Å². The first-order valence-corrected chi connectivity index (χ1v) is 7.14. The smallest absolute Gasteiger partial charge is 0.0225 e. The third-order valence-electron chi connectivity index (χ3n) is 3.99. The van der Waals surface area contributed by atoms with Crippen LogP contribution in [-0.2, 0) is 12.8 Å². The summed E-state index contributed by atoms with van der Waals surface area (Å²) in [6, 6.07) is 17.7. The van der Waals surface area contributed by atoms with Gasteiger partial charge in [-0.1, -0.05) is 65.7 Å². The van der Waals surface area contributed by atoms with Crippen LogP contribution in [-0.4, -0.2) is 0 Å². The van der Waals surface area contributed by atoms with Gasteiger partial charge in [-0.2, -0.15) is 0 Å². The van der Waals surface area contributed by atoms with Crippen LogP contribution >= 0.6 is 0 Å². The van der Waals surface area contributed by atoms with E-state index in [1.165, 1.54) is 41.5 Å². The lowest BCUT2D eigenvalue weighted by Crippen LogP contribution is -2.00. The van der Waals surface area contributed by atoms with Gasteiger partial charge in [0.05, 0.1) is 0 Å². The van der Waals surface area contributed by atoms with Crippen molar-refractivity contribution in [1.29, 1.82) is 0 Å². The van der Waals surface area contributed by atoms with Crippen LogP contribution in [0.2, 0.25) is 0 Å². The zero-order chi connectivity index (χ0) is 13.1. The Bertz CT molecular complexity index is 588. The van der Waals surface area contributed by atoms with Crippen LogP contribution in [0.1, 0.15) is 35.1 Å². The molecule has 0 saturated heterocycles. The molecule has 0 aliphatic heterocycles. The Balaban J connectivity index is 1.68. The highest BCUT2D eigenvalue weighted by Crippen LogP contribution is 2.26. The van der Waals surface area contributed by atoms with E-state index >= 15 is 0 Å². The van der Waals surface area contributed by atoms with Crippen molar-refractivity contribution in [3.63, 3.8) is 0 Å². The lowest BCUT2D eigenvalue weighted by molar-refractivity contribution is 0.830. The van der Waals surface area contributed by atoms with Crippen LogP contribution in [0.4, 0.5) is 0 Å². The van der Waals surface area contributed by atoms with Crippen LogP contribution in [0.5, 0.6) is 0 Å². The largest absolute Gasteiger partial charge is 0.0690 e. The predicted molar refractivity (Wildman–Crippen MR) is 82.2 cm³/mol. The van der Waals surface area contributed by atoms with E-state index in [0.29, 0.717) is 0 Å². The quantitative estimate of drug-likeness (QED) is 0.720. The molecule has 1 aliphatic rings. The maximum absolute atomic E-state index is 2.40. The molecule has 0 nitrogen and oxygen atoms in total. The van der Waals surface area contributed by atoms with Gasteiger partial charge < -0.3 is 0 Å². The third kappa shape index (κ3) is 2.96. The van der Waals surface area contributed by atoms with Gasteiger partial charge in [0.1, 0.15) is 0 Å². The van der Waals surface area contributed by atoms with Gasteiger partial charge in [-0.3, -0.25) is 0 Å². The van der Waals surface area contributed by atoms with E-state index in [0.717, 1.165) is 6.42 Å². The number of aryl methyl sites for hydroxylation is 3. The predicted octanol–water partition coefficient (Wildman–Crippen LogP) is 4.96. The van der Waals surface area contributed by atoms with Crippen molar-refractivity contribution < 1.29 is 0 Å². The minimum absolute atomic E-state index is 1.16. The zero-order valence-corrected chi connectivity index (χ0v) is 11.5. The number of benzene rings is 2. The molecule has 0 unspecified atom stereocenters. The second-order valence-electron chi connectivity index (χ2n) is 5.49. The first kappa shape index (κ1) is 12.2. The first-order chi connectivity index (χ1) is 9.31. The number of hydrogen-bond donors (Lipinski definition) is 0. The molecule has 0 heterocycles. The van der Waals surface area contributed by atoms with Gasteiger partial charge in [0.25, 0.3) is 0 Å². The van der Waals surface area contributed by atoms with Gasteiger partial charge in [0, 0.05) is 0 Å². The molecular formula is C19H20. The van der Waals surface area contributed by atoms with Crippen LogP contribution in [0, 0.1) is 6.92 Å². The summed E-state index contributed by atoms with van der Waals surface area (Å²) in [5, 5.41) is 0. The summed E-state index contributed by atoms with van der Waals surface area (Å²) in [4.78, 5) is 0. The highest BCUT2D eigenvalue weighted by Gasteiger charge is 2.09. The number of rotatable bonds is 3. The Labute approximate surface area is 115 Å². The molecule has 0 fully saturated rings. The molecule has 0 N–H and O–H groups in total. The van der Waals surface area contributed by atoms with E-state index in [2.05, 4.69) is 61.5 Å². The van der Waals surface area contributed by atoms with Crippen LogP contribution in [0.15, 0.2) is 54.1 Å². The Kier molecular flexibility index (Phi) is 3.50. The van der Waals surface area contributed by atoms with E-state index in [-0.39, 0.29) is 0 Å². The molecule has 2 aromatic rings. The topological polar surface area (TPSA) is 0 Å². The molecule has 19 heavy (non-hydrogen) atoms. The van der Waals surface area contributed by atoms with Crippen molar-refractivity contribution in [2.24, 2.45) is 0 Å². The van der Waals surface area contributed by atoms with E-state index in [1.54, 1.807) is 5.57 Å². The van der Waals surface area contributed by atoms with E-state index in [4.69, 9.17) is 0 Å². The molecule has 1 aliphatic carbocycles. The Morgan fingerprint density at radius 2 is 1.63 bits per heavy atom. The van der Waals surface area contributed by atoms with E-state index in [1.807, 2.05) is 0 Å². The van der Waals surface area contributed by atoms with Gasteiger partial charge in [0.15, 0.2) is 0 Å². The van der Waals surface area contributed by atoms with Crippen LogP contribution in [0.25, 0.3) is 6.08 Å². The average molecular weight is 248 g/mol. The van der Waals surface area contributed by atoms with Crippen molar-refractivity contribution in [3.05, 3.63) is 76.4 Å². The number of hydrogen-bond acceptors (Lipinski definition) is 0. The van der Waals surface area contributed by atoms with Gasteiger partial charge in [-0.05, 0) is 49.3 Å². The summed E-state index contributed by atoms with van der Waals surface area (Å²) in [5.74, 6) is 0. The SMILES string of the molecule is Cc1ccc(CCC2=Cc3ccccc3CC2)cc1. The normalized spacial score (nSPS) is 13.8. The van der Waals surface area contributed by atoms with E-state index in [9.17, 15) is 0 Å². The third-order valence-corrected chi connectivity index (χ3v) is 3.99. The summed E-state index contributed by atoms with van der Waals surface area (Å²) in [7, 11) is 0. The van der Waals surface area contributed by atoms with Gasteiger partial charge in [-0.25, -0.2) is 0 Å². The van der Waals surface area contributed by atoms with Crippen molar-refractivity contribution in [1.82, 2.24) is 0 Å². The van der Waals surface area contributed by atoms with Crippen molar-refractivity contribution in [2.75, 3.05) is 0 Å². The molecule has 0 aromatic heterocycles. The summed E-state index contributed by atoms with van der Waals surface area (Å²) in [6.07, 6.45) is 7.18. The molecule has 3 rings (SSSR count). The fraction of sp³-hybridized carbons (Fsp3) is 0.263. The summed E-state index contributed by atoms with van der Waals surface area (Å²) in [6.45, 7) is 2.14. The molecular weight excluding hydrogens is 228 g/mol. The molecule has 0 heteroatoms. The molecule has 0 radical (unpaired) electrons. The van der Waals surface area contributed by atoms with E-state index < -0.39 is 0 Å². The van der Waals surface area contributed by atoms with Crippen LogP contribution in [0.3, 0.4) is 0 Å². The molecule has 0 saturated carbocycles. The molecule has 96 valence electrons. The second-order valence-corrected chi connectivity index (χ2v) is 5.49. The van der Waals surface area contributed by atoms with Crippen LogP contribution < -0.4 is 0 Å². The lowest BCUT2D eigenvalue weighted by Gasteiger charge is -2.16. The van der Waals surface area contributed by atoms with Gasteiger partial charge >= 0.3 is 0 Å².